The molecule has 148 valence electrons. The first-order valence-corrected chi connectivity index (χ1v) is 9.44. The monoisotopic (exact) mass is 392 g/mol. The number of para-hydroxylation sites is 1. The second-order valence-corrected chi connectivity index (χ2v) is 7.35. The van der Waals surface area contributed by atoms with Crippen molar-refractivity contribution in [1.82, 2.24) is 9.88 Å². The van der Waals surface area contributed by atoms with Crippen LogP contribution >= 0.6 is 0 Å². The number of carbonyl (C=O) groups excluding carboxylic acids is 2. The molecule has 0 saturated heterocycles. The first kappa shape index (κ1) is 18.9. The molecular formula is C22H22N3O4+. The molecule has 1 aliphatic rings. The highest BCUT2D eigenvalue weighted by atomic mass is 16.3. The number of rotatable bonds is 6. The number of nitrogens with one attached hydrogen (secondary N) is 1. The van der Waals surface area contributed by atoms with Crippen LogP contribution in [0.5, 0.6) is 0 Å². The molecule has 1 amide bonds. The molecule has 1 aliphatic heterocycles. The molecule has 0 spiro atoms. The normalized spacial score (nSPS) is 17.0. The van der Waals surface area contributed by atoms with Gasteiger partial charge in [-0.15, -0.1) is 0 Å². The van der Waals surface area contributed by atoms with E-state index in [4.69, 9.17) is 4.42 Å². The lowest BCUT2D eigenvalue weighted by Crippen LogP contribution is -3.06. The Bertz CT molecular complexity index is 1070. The van der Waals surface area contributed by atoms with E-state index in [1.165, 1.54) is 4.90 Å². The van der Waals surface area contributed by atoms with Crippen LogP contribution in [0.15, 0.2) is 70.5 Å². The zero-order chi connectivity index (χ0) is 20.5. The average molecular weight is 392 g/mol. The van der Waals surface area contributed by atoms with E-state index in [0.717, 1.165) is 10.3 Å². The number of fused-ring (bicyclic) bond motifs is 1. The fourth-order valence-electron chi connectivity index (χ4n) is 3.53. The van der Waals surface area contributed by atoms with E-state index in [2.05, 4.69) is 4.98 Å². The van der Waals surface area contributed by atoms with Crippen LogP contribution in [0.1, 0.15) is 22.3 Å². The number of aliphatic hydroxyl groups excluding tert-OH is 1. The summed E-state index contributed by atoms with van der Waals surface area (Å²) in [5.74, 6) is -1.54. The molecule has 0 bridgehead atoms. The molecule has 0 saturated carbocycles. The number of hydrogen-bond donors (Lipinski definition) is 2. The Labute approximate surface area is 167 Å². The fraction of sp³-hybridized carbons (Fsp3) is 0.227. The van der Waals surface area contributed by atoms with Gasteiger partial charge in [0.25, 0.3) is 5.91 Å². The van der Waals surface area contributed by atoms with Crippen LogP contribution in [0.3, 0.4) is 0 Å². The molecule has 4 rings (SSSR count). The summed E-state index contributed by atoms with van der Waals surface area (Å²) in [5, 5.41) is 11.4. The predicted molar refractivity (Wildman–Crippen MR) is 107 cm³/mol. The van der Waals surface area contributed by atoms with E-state index in [-0.39, 0.29) is 11.3 Å². The van der Waals surface area contributed by atoms with E-state index in [0.29, 0.717) is 24.4 Å². The van der Waals surface area contributed by atoms with Crippen molar-refractivity contribution in [3.05, 3.63) is 77.5 Å². The van der Waals surface area contributed by atoms with Gasteiger partial charge in [0, 0.05) is 11.6 Å². The van der Waals surface area contributed by atoms with Gasteiger partial charge in [0.05, 0.1) is 38.5 Å². The quantitative estimate of drug-likeness (QED) is 0.622. The third-order valence-electron chi connectivity index (χ3n) is 5.02. The van der Waals surface area contributed by atoms with Crippen LogP contribution in [0, 0.1) is 0 Å². The lowest BCUT2D eigenvalue weighted by atomic mass is 9.98. The summed E-state index contributed by atoms with van der Waals surface area (Å²) in [7, 11) is 3.95. The van der Waals surface area contributed by atoms with Gasteiger partial charge >= 0.3 is 0 Å². The van der Waals surface area contributed by atoms with Gasteiger partial charge in [-0.05, 0) is 24.3 Å². The first-order valence-electron chi connectivity index (χ1n) is 9.44. The number of Topliss-reactive ketones (excluding diaryl/α,β-unsaturated/α-hetero) is 1. The molecule has 1 aromatic carbocycles. The topological polar surface area (TPSA) is 88.1 Å². The number of quaternary nitrogens is 1. The third-order valence-corrected chi connectivity index (χ3v) is 5.02. The number of hydrogen-bond acceptors (Lipinski definition) is 5. The minimum atomic E-state index is -0.760. The molecule has 7 heteroatoms. The maximum atomic E-state index is 13.3. The van der Waals surface area contributed by atoms with Crippen molar-refractivity contribution in [3.63, 3.8) is 0 Å². The molecule has 0 radical (unpaired) electrons. The summed E-state index contributed by atoms with van der Waals surface area (Å²) in [4.78, 5) is 33.1. The number of carbonyl (C=O) groups is 2. The molecule has 0 unspecified atom stereocenters. The Kier molecular flexibility index (Phi) is 4.90. The van der Waals surface area contributed by atoms with Gasteiger partial charge in [0.1, 0.15) is 11.6 Å². The molecule has 3 heterocycles. The van der Waals surface area contributed by atoms with Crippen molar-refractivity contribution in [2.24, 2.45) is 0 Å². The van der Waals surface area contributed by atoms with E-state index >= 15 is 0 Å². The molecular weight excluding hydrogens is 370 g/mol. The smallest absolute Gasteiger partial charge is 0.290 e. The van der Waals surface area contributed by atoms with Crippen LogP contribution < -0.4 is 4.90 Å². The molecule has 0 fully saturated rings. The highest BCUT2D eigenvalue weighted by Gasteiger charge is 2.45. The summed E-state index contributed by atoms with van der Waals surface area (Å²) in [6, 6.07) is 13.4. The number of benzene rings is 1. The number of likely N-dealkylation sites (N-methyl/N-ethyl adjacent to an activating group) is 1. The highest BCUT2D eigenvalue weighted by Crippen LogP contribution is 2.38. The lowest BCUT2D eigenvalue weighted by Gasteiger charge is -2.26. The number of aliphatic hydroxyl groups is 1. The standard InChI is InChI=1S/C22H21N3O4/c1-24(2)11-12-25-19(15-8-5-6-10-23-15)18(21(27)22(25)28)20(26)17-13-14-7-3-4-9-16(14)29-17/h3-10,13,19,27H,11-12H2,1-2H3/p+1/t19-/m1/s1. The fourth-order valence-corrected chi connectivity index (χ4v) is 3.53. The Morgan fingerprint density at radius 1 is 1.21 bits per heavy atom. The first-order chi connectivity index (χ1) is 14.0. The summed E-state index contributed by atoms with van der Waals surface area (Å²) in [6.45, 7) is 1.04. The number of pyridine rings is 1. The zero-order valence-corrected chi connectivity index (χ0v) is 16.3. The number of amides is 1. The Morgan fingerprint density at radius 3 is 2.66 bits per heavy atom. The molecule has 29 heavy (non-hydrogen) atoms. The van der Waals surface area contributed by atoms with Crippen molar-refractivity contribution in [3.8, 4) is 0 Å². The molecule has 3 aromatic rings. The number of ketones is 1. The predicted octanol–water partition coefficient (Wildman–Crippen LogP) is 1.55. The maximum Gasteiger partial charge on any atom is 0.290 e. The highest BCUT2D eigenvalue weighted by molar-refractivity contribution is 6.15. The summed E-state index contributed by atoms with van der Waals surface area (Å²) >= 11 is 0. The van der Waals surface area contributed by atoms with Gasteiger partial charge in [-0.25, -0.2) is 0 Å². The molecule has 2 aromatic heterocycles. The van der Waals surface area contributed by atoms with Crippen molar-refractivity contribution >= 4 is 22.7 Å². The van der Waals surface area contributed by atoms with Crippen LogP contribution in [-0.4, -0.2) is 53.9 Å². The number of aromatic nitrogens is 1. The van der Waals surface area contributed by atoms with Gasteiger partial charge in [-0.2, -0.15) is 0 Å². The Morgan fingerprint density at radius 2 is 1.97 bits per heavy atom. The SMILES string of the molecule is C[NH+](C)CCN1C(=O)C(O)=C(C(=O)c2cc3ccccc3o2)[C@H]1c1ccccn1. The average Bonchev–Trinajstić information content (AvgIpc) is 3.26. The summed E-state index contributed by atoms with van der Waals surface area (Å²) in [6.07, 6.45) is 1.60. The van der Waals surface area contributed by atoms with E-state index in [1.54, 1.807) is 36.5 Å². The lowest BCUT2D eigenvalue weighted by molar-refractivity contribution is -0.857. The van der Waals surface area contributed by atoms with Gasteiger partial charge in [0.15, 0.2) is 11.5 Å². The van der Waals surface area contributed by atoms with Crippen LogP contribution in [0.2, 0.25) is 0 Å². The Hall–Kier alpha value is -3.45. The number of nitrogens with zero attached hydrogens (tertiary/aromatic N) is 2. The van der Waals surface area contributed by atoms with Crippen molar-refractivity contribution in [1.29, 1.82) is 0 Å². The number of furan rings is 1. The Balaban J connectivity index is 1.78. The maximum absolute atomic E-state index is 13.3. The van der Waals surface area contributed by atoms with Crippen LogP contribution in [0.25, 0.3) is 11.0 Å². The third kappa shape index (κ3) is 3.40. The zero-order valence-electron chi connectivity index (χ0n) is 16.3. The van der Waals surface area contributed by atoms with Crippen molar-refractivity contribution < 1.29 is 24.0 Å². The second-order valence-electron chi connectivity index (χ2n) is 7.35. The minimum Gasteiger partial charge on any atom is -0.503 e. The second kappa shape index (κ2) is 7.52. The van der Waals surface area contributed by atoms with Gasteiger partial charge in [0.2, 0.25) is 5.78 Å². The minimum absolute atomic E-state index is 0.00140. The molecule has 1 atom stereocenters. The van der Waals surface area contributed by atoms with E-state index in [1.807, 2.05) is 32.3 Å². The molecule has 0 aliphatic carbocycles. The van der Waals surface area contributed by atoms with E-state index < -0.39 is 23.5 Å². The largest absolute Gasteiger partial charge is 0.503 e. The van der Waals surface area contributed by atoms with Crippen LogP contribution in [-0.2, 0) is 4.79 Å². The molecule has 2 N–H and O–H groups in total. The molecule has 7 nitrogen and oxygen atoms in total. The van der Waals surface area contributed by atoms with Gasteiger partial charge < -0.3 is 19.3 Å². The van der Waals surface area contributed by atoms with Crippen LogP contribution in [0.4, 0.5) is 0 Å². The van der Waals surface area contributed by atoms with E-state index in [9.17, 15) is 14.7 Å². The summed E-state index contributed by atoms with van der Waals surface area (Å²) < 4.78 is 5.69. The van der Waals surface area contributed by atoms with Gasteiger partial charge in [-0.3, -0.25) is 14.6 Å². The van der Waals surface area contributed by atoms with Crippen molar-refractivity contribution in [2.45, 2.75) is 6.04 Å². The van der Waals surface area contributed by atoms with Crippen molar-refractivity contribution in [2.75, 3.05) is 27.2 Å². The van der Waals surface area contributed by atoms with Gasteiger partial charge in [-0.1, -0.05) is 24.3 Å². The summed E-state index contributed by atoms with van der Waals surface area (Å²) in [5.41, 5.74) is 1.10.